The lowest BCUT2D eigenvalue weighted by molar-refractivity contribution is -0.124. The maximum absolute atomic E-state index is 12.2. The van der Waals surface area contributed by atoms with Crippen LogP contribution in [0.3, 0.4) is 0 Å². The molecule has 1 fully saturated rings. The van der Waals surface area contributed by atoms with Crippen molar-refractivity contribution in [2.24, 2.45) is 0 Å². The first-order valence-electron chi connectivity index (χ1n) is 8.62. The number of amides is 1. The Bertz CT molecular complexity index is 696. The smallest absolute Gasteiger partial charge is 0.244 e. The van der Waals surface area contributed by atoms with Crippen molar-refractivity contribution >= 4 is 5.91 Å². The van der Waals surface area contributed by atoms with Gasteiger partial charge in [0.05, 0.1) is 13.2 Å². The summed E-state index contributed by atoms with van der Waals surface area (Å²) in [5.41, 5.74) is 0.953. The molecule has 1 aromatic carbocycles. The van der Waals surface area contributed by atoms with Crippen LogP contribution in [0, 0.1) is 0 Å². The number of carbonyl (C=O) groups is 1. The topological polar surface area (TPSA) is 78.3 Å². The molecule has 1 atom stereocenters. The molecule has 7 heteroatoms. The third-order valence-corrected chi connectivity index (χ3v) is 4.50. The van der Waals surface area contributed by atoms with Crippen LogP contribution in [0.5, 0.6) is 11.5 Å². The predicted molar refractivity (Wildman–Crippen MR) is 92.5 cm³/mol. The quantitative estimate of drug-likeness (QED) is 0.835. The first-order valence-corrected chi connectivity index (χ1v) is 8.62. The van der Waals surface area contributed by atoms with E-state index in [-0.39, 0.29) is 12.0 Å². The van der Waals surface area contributed by atoms with Gasteiger partial charge in [-0.3, -0.25) is 4.79 Å². The third-order valence-electron chi connectivity index (χ3n) is 4.50. The fourth-order valence-electron chi connectivity index (χ4n) is 2.98. The van der Waals surface area contributed by atoms with Crippen LogP contribution in [0.15, 0.2) is 30.9 Å². The standard InChI is InChI=1S/C18H24N4O3/c1-13(22-12-19-11-21-22)18(23)20-10-14-7-8-16(17(9-14)24-2)25-15-5-3-4-6-15/h7-9,11-13,15H,3-6,10H2,1-2H3,(H,20,23). The highest BCUT2D eigenvalue weighted by atomic mass is 16.5. The molecule has 2 aromatic rings. The summed E-state index contributed by atoms with van der Waals surface area (Å²) in [5.74, 6) is 1.35. The number of nitrogens with one attached hydrogen (secondary N) is 1. The molecule has 134 valence electrons. The molecule has 1 aliphatic rings. The van der Waals surface area contributed by atoms with Crippen molar-refractivity contribution in [2.45, 2.75) is 51.3 Å². The first kappa shape index (κ1) is 17.3. The van der Waals surface area contributed by atoms with Crippen LogP contribution in [-0.4, -0.2) is 33.9 Å². The number of nitrogens with zero attached hydrogens (tertiary/aromatic N) is 3. The van der Waals surface area contributed by atoms with E-state index in [0.29, 0.717) is 12.3 Å². The molecule has 7 nitrogen and oxygen atoms in total. The van der Waals surface area contributed by atoms with Gasteiger partial charge in [-0.05, 0) is 50.3 Å². The molecular weight excluding hydrogens is 320 g/mol. The molecule has 1 heterocycles. The molecule has 1 aromatic heterocycles. The lowest BCUT2D eigenvalue weighted by Gasteiger charge is -2.17. The van der Waals surface area contributed by atoms with Crippen molar-refractivity contribution in [3.8, 4) is 11.5 Å². The van der Waals surface area contributed by atoms with Crippen molar-refractivity contribution in [1.29, 1.82) is 0 Å². The minimum Gasteiger partial charge on any atom is -0.493 e. The van der Waals surface area contributed by atoms with E-state index < -0.39 is 6.04 Å². The van der Waals surface area contributed by atoms with E-state index >= 15 is 0 Å². The summed E-state index contributed by atoms with van der Waals surface area (Å²) in [4.78, 5) is 16.1. The fourth-order valence-corrected chi connectivity index (χ4v) is 2.98. The Balaban J connectivity index is 1.59. The van der Waals surface area contributed by atoms with Gasteiger partial charge in [-0.25, -0.2) is 9.67 Å². The maximum Gasteiger partial charge on any atom is 0.244 e. The molecule has 1 N–H and O–H groups in total. The number of aromatic nitrogens is 3. The fraction of sp³-hybridized carbons (Fsp3) is 0.500. The second-order valence-corrected chi connectivity index (χ2v) is 6.28. The monoisotopic (exact) mass is 344 g/mol. The molecule has 25 heavy (non-hydrogen) atoms. The van der Waals surface area contributed by atoms with E-state index in [1.165, 1.54) is 30.2 Å². The van der Waals surface area contributed by atoms with Gasteiger partial charge in [-0.1, -0.05) is 6.07 Å². The highest BCUT2D eigenvalue weighted by Crippen LogP contribution is 2.32. The van der Waals surface area contributed by atoms with Gasteiger partial charge >= 0.3 is 0 Å². The van der Waals surface area contributed by atoms with Crippen LogP contribution >= 0.6 is 0 Å². The van der Waals surface area contributed by atoms with Crippen LogP contribution < -0.4 is 14.8 Å². The van der Waals surface area contributed by atoms with E-state index in [4.69, 9.17) is 9.47 Å². The average molecular weight is 344 g/mol. The van der Waals surface area contributed by atoms with Crippen LogP contribution in [0.2, 0.25) is 0 Å². The molecule has 1 unspecified atom stereocenters. The summed E-state index contributed by atoms with van der Waals surface area (Å²) in [6.07, 6.45) is 7.87. The molecule has 1 aliphatic carbocycles. The zero-order valence-corrected chi connectivity index (χ0v) is 14.6. The Morgan fingerprint density at radius 2 is 2.16 bits per heavy atom. The number of hydrogen-bond acceptors (Lipinski definition) is 5. The van der Waals surface area contributed by atoms with Crippen molar-refractivity contribution in [2.75, 3.05) is 7.11 Å². The van der Waals surface area contributed by atoms with Crippen LogP contribution in [0.25, 0.3) is 0 Å². The lowest BCUT2D eigenvalue weighted by Crippen LogP contribution is -2.30. The zero-order valence-electron chi connectivity index (χ0n) is 14.6. The number of rotatable bonds is 7. The van der Waals surface area contributed by atoms with E-state index in [1.54, 1.807) is 14.0 Å². The number of ether oxygens (including phenoxy) is 2. The molecule has 0 aliphatic heterocycles. The number of benzene rings is 1. The molecule has 0 radical (unpaired) electrons. The van der Waals surface area contributed by atoms with E-state index in [1.807, 2.05) is 18.2 Å². The maximum atomic E-state index is 12.2. The molecule has 1 saturated carbocycles. The Kier molecular flexibility index (Phi) is 5.53. The van der Waals surface area contributed by atoms with Gasteiger partial charge in [0.2, 0.25) is 5.91 Å². The number of methoxy groups -OCH3 is 1. The summed E-state index contributed by atoms with van der Waals surface area (Å²) < 4.78 is 13.0. The van der Waals surface area contributed by atoms with Gasteiger partial charge in [-0.2, -0.15) is 5.10 Å². The SMILES string of the molecule is COc1cc(CNC(=O)C(C)n2cncn2)ccc1OC1CCCC1. The largest absolute Gasteiger partial charge is 0.493 e. The normalized spacial score (nSPS) is 15.8. The highest BCUT2D eigenvalue weighted by molar-refractivity contribution is 5.79. The van der Waals surface area contributed by atoms with E-state index in [9.17, 15) is 4.79 Å². The zero-order chi connectivity index (χ0) is 17.6. The van der Waals surface area contributed by atoms with E-state index in [2.05, 4.69) is 15.4 Å². The van der Waals surface area contributed by atoms with Crippen molar-refractivity contribution in [1.82, 2.24) is 20.1 Å². The predicted octanol–water partition coefficient (Wildman–Crippen LogP) is 2.49. The van der Waals surface area contributed by atoms with Gasteiger partial charge in [-0.15, -0.1) is 0 Å². The Morgan fingerprint density at radius 1 is 1.36 bits per heavy atom. The van der Waals surface area contributed by atoms with Crippen LogP contribution in [0.4, 0.5) is 0 Å². The molecule has 0 saturated heterocycles. The summed E-state index contributed by atoms with van der Waals surface area (Å²) in [7, 11) is 1.63. The van der Waals surface area contributed by atoms with Gasteiger partial charge in [0, 0.05) is 6.54 Å². The third kappa shape index (κ3) is 4.29. The second kappa shape index (κ2) is 8.00. The summed E-state index contributed by atoms with van der Waals surface area (Å²) >= 11 is 0. The number of hydrogen-bond donors (Lipinski definition) is 1. The summed E-state index contributed by atoms with van der Waals surface area (Å²) in [6, 6.07) is 5.37. The molecule has 3 rings (SSSR count). The van der Waals surface area contributed by atoms with Crippen molar-refractivity contribution < 1.29 is 14.3 Å². The van der Waals surface area contributed by atoms with Gasteiger partial charge in [0.1, 0.15) is 18.7 Å². The second-order valence-electron chi connectivity index (χ2n) is 6.28. The Hall–Kier alpha value is -2.57. The lowest BCUT2D eigenvalue weighted by atomic mass is 10.2. The average Bonchev–Trinajstić information content (AvgIpc) is 3.33. The molecule has 1 amide bonds. The van der Waals surface area contributed by atoms with E-state index in [0.717, 1.165) is 24.2 Å². The summed E-state index contributed by atoms with van der Waals surface area (Å²) in [5, 5.41) is 6.90. The minimum absolute atomic E-state index is 0.115. The number of carbonyl (C=O) groups excluding carboxylic acids is 1. The molecule has 0 bridgehead atoms. The van der Waals surface area contributed by atoms with Gasteiger partial charge in [0.25, 0.3) is 0 Å². The van der Waals surface area contributed by atoms with Gasteiger partial charge in [0.15, 0.2) is 11.5 Å². The highest BCUT2D eigenvalue weighted by Gasteiger charge is 2.19. The molecule has 0 spiro atoms. The van der Waals surface area contributed by atoms with Crippen molar-refractivity contribution in [3.63, 3.8) is 0 Å². The Labute approximate surface area is 147 Å². The van der Waals surface area contributed by atoms with Crippen LogP contribution in [0.1, 0.15) is 44.2 Å². The van der Waals surface area contributed by atoms with Crippen LogP contribution in [-0.2, 0) is 11.3 Å². The first-order chi connectivity index (χ1) is 12.2. The summed E-state index contributed by atoms with van der Waals surface area (Å²) in [6.45, 7) is 2.20. The molecular formula is C18H24N4O3. The Morgan fingerprint density at radius 3 is 2.84 bits per heavy atom. The van der Waals surface area contributed by atoms with Crippen molar-refractivity contribution in [3.05, 3.63) is 36.4 Å². The minimum atomic E-state index is -0.408. The van der Waals surface area contributed by atoms with Gasteiger partial charge < -0.3 is 14.8 Å².